The molecule has 1 saturated carbocycles. The van der Waals surface area contributed by atoms with E-state index in [1.807, 2.05) is 0 Å². The Hall–Kier alpha value is -0.860. The molecule has 2 aromatic rings. The average molecular weight is 382 g/mol. The van der Waals surface area contributed by atoms with Gasteiger partial charge in [0.25, 0.3) is 5.92 Å². The molecule has 21 heavy (non-hydrogen) atoms. The summed E-state index contributed by atoms with van der Waals surface area (Å²) >= 11 is 4.54. The second kappa shape index (κ2) is 5.40. The van der Waals surface area contributed by atoms with Crippen molar-refractivity contribution < 1.29 is 23.0 Å². The fourth-order valence-electron chi connectivity index (χ4n) is 2.45. The van der Waals surface area contributed by atoms with E-state index in [-0.39, 0.29) is 12.4 Å². The molecule has 0 saturated heterocycles. The summed E-state index contributed by atoms with van der Waals surface area (Å²) in [5.74, 6) is -4.18. The molecule has 0 radical (unpaired) electrons. The number of hydrogen-bond donors (Lipinski definition) is 1. The number of halogens is 4. The normalized spacial score (nSPS) is 24.6. The van der Waals surface area contributed by atoms with E-state index in [0.29, 0.717) is 9.43 Å². The van der Waals surface area contributed by atoms with Gasteiger partial charge in [-0.1, -0.05) is 0 Å². The second-order valence-electron chi connectivity index (χ2n) is 5.12. The lowest BCUT2D eigenvalue weighted by Crippen LogP contribution is -2.20. The number of nitrogens with zero attached hydrogens (tertiary/aromatic N) is 1. The zero-order chi connectivity index (χ0) is 15.2. The Morgan fingerprint density at radius 1 is 1.43 bits per heavy atom. The molecule has 3 nitrogen and oxygen atoms in total. The third kappa shape index (κ3) is 3.17. The van der Waals surface area contributed by atoms with Gasteiger partial charge in [0.15, 0.2) is 15.5 Å². The van der Waals surface area contributed by atoms with E-state index in [2.05, 4.69) is 20.9 Å². The van der Waals surface area contributed by atoms with Crippen LogP contribution in [0.3, 0.4) is 0 Å². The number of thiazole rings is 1. The van der Waals surface area contributed by atoms with Crippen molar-refractivity contribution in [3.05, 3.63) is 21.9 Å². The summed E-state index contributed by atoms with van der Waals surface area (Å²) in [4.78, 5) is 4.08. The number of aliphatic hydroxyl groups is 1. The number of hydrogen-bond acceptors (Lipinski definition) is 4. The number of fused-ring (bicyclic) bond motifs is 1. The Morgan fingerprint density at radius 2 is 2.19 bits per heavy atom. The quantitative estimate of drug-likeness (QED) is 0.873. The van der Waals surface area contributed by atoms with E-state index in [4.69, 9.17) is 4.74 Å². The van der Waals surface area contributed by atoms with Gasteiger partial charge in [-0.25, -0.2) is 18.2 Å². The van der Waals surface area contributed by atoms with Crippen molar-refractivity contribution in [2.75, 3.05) is 6.61 Å². The van der Waals surface area contributed by atoms with Crippen LogP contribution in [-0.2, 0) is 0 Å². The SMILES string of the molecule is O[C@@H]1CC(F)(F)C[C@@H]1COc1cc2sc(Br)nc2cc1F. The molecule has 0 unspecified atom stereocenters. The molecule has 3 rings (SSSR count). The first-order valence-electron chi connectivity index (χ1n) is 6.28. The molecule has 114 valence electrons. The minimum absolute atomic E-state index is 0.0129. The number of aliphatic hydroxyl groups excluding tert-OH is 1. The highest BCUT2D eigenvalue weighted by molar-refractivity contribution is 9.11. The Balaban J connectivity index is 1.74. The lowest BCUT2D eigenvalue weighted by Gasteiger charge is -2.15. The maximum atomic E-state index is 13.9. The van der Waals surface area contributed by atoms with Crippen LogP contribution in [0.2, 0.25) is 0 Å². The molecular weight excluding hydrogens is 371 g/mol. The smallest absolute Gasteiger partial charge is 0.251 e. The maximum absolute atomic E-state index is 13.9. The molecule has 1 N–H and O–H groups in total. The molecule has 0 spiro atoms. The van der Waals surface area contributed by atoms with Gasteiger partial charge in [0.05, 0.1) is 22.9 Å². The summed E-state index contributed by atoms with van der Waals surface area (Å²) in [6, 6.07) is 2.73. The van der Waals surface area contributed by atoms with Crippen LogP contribution in [0.25, 0.3) is 10.2 Å². The van der Waals surface area contributed by atoms with Crippen LogP contribution in [0.15, 0.2) is 16.0 Å². The van der Waals surface area contributed by atoms with E-state index < -0.39 is 36.6 Å². The van der Waals surface area contributed by atoms with Gasteiger partial charge in [0.1, 0.15) is 0 Å². The molecule has 1 aromatic carbocycles. The minimum Gasteiger partial charge on any atom is -0.490 e. The first-order chi connectivity index (χ1) is 9.84. The Labute approximate surface area is 130 Å². The summed E-state index contributed by atoms with van der Waals surface area (Å²) in [5.41, 5.74) is 0.504. The maximum Gasteiger partial charge on any atom is 0.251 e. The van der Waals surface area contributed by atoms with Crippen LogP contribution in [0, 0.1) is 11.7 Å². The zero-order valence-corrected chi connectivity index (χ0v) is 13.1. The van der Waals surface area contributed by atoms with E-state index in [9.17, 15) is 18.3 Å². The number of alkyl halides is 2. The van der Waals surface area contributed by atoms with E-state index in [1.54, 1.807) is 0 Å². The number of aromatic nitrogens is 1. The number of benzene rings is 1. The first-order valence-corrected chi connectivity index (χ1v) is 7.89. The van der Waals surface area contributed by atoms with Gasteiger partial charge in [0, 0.05) is 30.9 Å². The molecule has 8 heteroatoms. The lowest BCUT2D eigenvalue weighted by atomic mass is 10.1. The van der Waals surface area contributed by atoms with Crippen LogP contribution < -0.4 is 4.74 Å². The molecule has 0 amide bonds. The van der Waals surface area contributed by atoms with Crippen molar-refractivity contribution in [1.29, 1.82) is 0 Å². The number of rotatable bonds is 3. The Bertz CT molecular complexity index is 679. The molecule has 1 fully saturated rings. The van der Waals surface area contributed by atoms with E-state index in [0.717, 1.165) is 4.70 Å². The molecule has 1 aliphatic carbocycles. The topological polar surface area (TPSA) is 42.4 Å². The molecule has 0 bridgehead atoms. The summed E-state index contributed by atoms with van der Waals surface area (Å²) < 4.78 is 46.8. The minimum atomic E-state index is -2.88. The van der Waals surface area contributed by atoms with Crippen LogP contribution in [0.5, 0.6) is 5.75 Å². The van der Waals surface area contributed by atoms with Crippen LogP contribution in [-0.4, -0.2) is 28.7 Å². The van der Waals surface area contributed by atoms with Crippen LogP contribution in [0.1, 0.15) is 12.8 Å². The average Bonchev–Trinajstić information content (AvgIpc) is 2.84. The van der Waals surface area contributed by atoms with Gasteiger partial charge in [0.2, 0.25) is 0 Å². The summed E-state index contributed by atoms with van der Waals surface area (Å²) in [5, 5.41) is 9.58. The largest absolute Gasteiger partial charge is 0.490 e. The summed E-state index contributed by atoms with van der Waals surface area (Å²) in [6.45, 7) is -0.140. The molecule has 1 aliphatic rings. The van der Waals surface area contributed by atoms with Gasteiger partial charge < -0.3 is 9.84 Å². The van der Waals surface area contributed by atoms with Crippen molar-refractivity contribution in [2.24, 2.45) is 5.92 Å². The standard InChI is InChI=1S/C13H11BrF3NO2S/c14-12-18-8-1-7(15)10(2-11(8)21-12)20-5-6-3-13(16,17)4-9(6)19/h1-2,6,9,19H,3-5H2/t6-,9-/m1/s1. The molecule has 0 aliphatic heterocycles. The van der Waals surface area contributed by atoms with Crippen LogP contribution >= 0.6 is 27.3 Å². The van der Waals surface area contributed by atoms with Crippen molar-refractivity contribution in [1.82, 2.24) is 4.98 Å². The van der Waals surface area contributed by atoms with Gasteiger partial charge in [-0.3, -0.25) is 0 Å². The first kappa shape index (κ1) is 15.1. The predicted octanol–water partition coefficient (Wildman–Crippen LogP) is 3.98. The van der Waals surface area contributed by atoms with Gasteiger partial charge in [-0.15, -0.1) is 11.3 Å². The fraction of sp³-hybridized carbons (Fsp3) is 0.462. The molecule has 1 aromatic heterocycles. The van der Waals surface area contributed by atoms with Crippen molar-refractivity contribution in [2.45, 2.75) is 24.9 Å². The summed E-state index contributed by atoms with van der Waals surface area (Å²) in [7, 11) is 0. The van der Waals surface area contributed by atoms with Crippen LogP contribution in [0.4, 0.5) is 13.2 Å². The highest BCUT2D eigenvalue weighted by atomic mass is 79.9. The lowest BCUT2D eigenvalue weighted by molar-refractivity contribution is -0.00416. The monoisotopic (exact) mass is 381 g/mol. The zero-order valence-electron chi connectivity index (χ0n) is 10.7. The number of ether oxygens (including phenoxy) is 1. The van der Waals surface area contributed by atoms with E-state index >= 15 is 0 Å². The highest BCUT2D eigenvalue weighted by Crippen LogP contribution is 2.39. The third-order valence-electron chi connectivity index (χ3n) is 3.48. The third-order valence-corrected chi connectivity index (χ3v) is 4.95. The fourth-order valence-corrected chi connectivity index (χ4v) is 3.87. The van der Waals surface area contributed by atoms with Crippen molar-refractivity contribution in [3.8, 4) is 5.75 Å². The Kier molecular flexibility index (Phi) is 3.87. The van der Waals surface area contributed by atoms with Crippen molar-refractivity contribution >= 4 is 37.5 Å². The molecule has 2 atom stereocenters. The predicted molar refractivity (Wildman–Crippen MR) is 76.5 cm³/mol. The van der Waals surface area contributed by atoms with Gasteiger partial charge in [-0.05, 0) is 15.9 Å². The van der Waals surface area contributed by atoms with E-state index in [1.165, 1.54) is 23.5 Å². The second-order valence-corrected chi connectivity index (χ2v) is 7.43. The van der Waals surface area contributed by atoms with Gasteiger partial charge in [-0.2, -0.15) is 0 Å². The Morgan fingerprint density at radius 3 is 2.86 bits per heavy atom. The summed E-state index contributed by atoms with van der Waals surface area (Å²) in [6.07, 6.45) is -2.13. The van der Waals surface area contributed by atoms with Gasteiger partial charge >= 0.3 is 0 Å². The van der Waals surface area contributed by atoms with Crippen molar-refractivity contribution in [3.63, 3.8) is 0 Å². The molecule has 1 heterocycles. The molecular formula is C13H11BrF3NO2S. The highest BCUT2D eigenvalue weighted by Gasteiger charge is 2.46.